The molecule has 4 nitrogen and oxygen atoms in total. The standard InChI is InChI=1S/C18H17FN2O2/c1-2-15(18(22)23)21-16-6-4-3-5-14(16)20-17(21)11-12-7-9-13(19)10-8-12/h3-10,15H,2,11H2,1H3,(H,22,23). The molecule has 1 aromatic heterocycles. The van der Waals surface area contributed by atoms with Gasteiger partial charge in [-0.1, -0.05) is 31.2 Å². The number of rotatable bonds is 5. The van der Waals surface area contributed by atoms with E-state index >= 15 is 0 Å². The van der Waals surface area contributed by atoms with Crippen molar-refractivity contribution in [3.8, 4) is 0 Å². The molecule has 0 fully saturated rings. The molecule has 3 rings (SSSR count). The van der Waals surface area contributed by atoms with Gasteiger partial charge in [0.25, 0.3) is 0 Å². The Hall–Kier alpha value is -2.69. The van der Waals surface area contributed by atoms with Gasteiger partial charge in [-0.3, -0.25) is 0 Å². The van der Waals surface area contributed by atoms with Crippen LogP contribution in [0.3, 0.4) is 0 Å². The molecule has 0 aliphatic rings. The average Bonchev–Trinajstić information content (AvgIpc) is 2.88. The molecule has 0 aliphatic carbocycles. The summed E-state index contributed by atoms with van der Waals surface area (Å²) in [4.78, 5) is 16.2. The summed E-state index contributed by atoms with van der Waals surface area (Å²) in [6, 6.07) is 13.0. The maximum Gasteiger partial charge on any atom is 0.326 e. The molecule has 1 unspecified atom stereocenters. The first-order valence-electron chi connectivity index (χ1n) is 7.53. The topological polar surface area (TPSA) is 55.1 Å². The molecule has 2 aromatic carbocycles. The SMILES string of the molecule is CCC(C(=O)O)n1c(Cc2ccc(F)cc2)nc2ccccc21. The van der Waals surface area contributed by atoms with Crippen LogP contribution in [0.5, 0.6) is 0 Å². The molecule has 0 saturated heterocycles. The molecule has 118 valence electrons. The fourth-order valence-corrected chi connectivity index (χ4v) is 2.82. The van der Waals surface area contributed by atoms with Gasteiger partial charge in [0.05, 0.1) is 11.0 Å². The smallest absolute Gasteiger partial charge is 0.326 e. The van der Waals surface area contributed by atoms with E-state index in [9.17, 15) is 14.3 Å². The summed E-state index contributed by atoms with van der Waals surface area (Å²) >= 11 is 0. The summed E-state index contributed by atoms with van der Waals surface area (Å²) < 4.78 is 14.8. The second kappa shape index (κ2) is 6.20. The molecule has 1 heterocycles. The summed E-state index contributed by atoms with van der Waals surface area (Å²) in [6.07, 6.45) is 0.921. The van der Waals surface area contributed by atoms with E-state index in [1.165, 1.54) is 12.1 Å². The van der Waals surface area contributed by atoms with Crippen molar-refractivity contribution < 1.29 is 14.3 Å². The minimum absolute atomic E-state index is 0.292. The molecule has 0 amide bonds. The molecule has 1 N–H and O–H groups in total. The number of aromatic nitrogens is 2. The highest BCUT2D eigenvalue weighted by Crippen LogP contribution is 2.25. The van der Waals surface area contributed by atoms with Gasteiger partial charge in [0.1, 0.15) is 17.7 Å². The summed E-state index contributed by atoms with van der Waals surface area (Å²) in [5.74, 6) is -0.498. The van der Waals surface area contributed by atoms with E-state index in [2.05, 4.69) is 4.98 Å². The van der Waals surface area contributed by atoms with Crippen LogP contribution in [0.25, 0.3) is 11.0 Å². The Morgan fingerprint density at radius 3 is 2.57 bits per heavy atom. The van der Waals surface area contributed by atoms with E-state index in [1.54, 1.807) is 16.7 Å². The Balaban J connectivity index is 2.11. The zero-order valence-corrected chi connectivity index (χ0v) is 12.7. The molecule has 0 radical (unpaired) electrons. The molecule has 5 heteroatoms. The number of halogens is 1. The van der Waals surface area contributed by atoms with Crippen LogP contribution in [0.1, 0.15) is 30.8 Å². The molecule has 23 heavy (non-hydrogen) atoms. The molecular weight excluding hydrogens is 295 g/mol. The van der Waals surface area contributed by atoms with Crippen LogP contribution in [-0.4, -0.2) is 20.6 Å². The molecule has 0 saturated carbocycles. The number of para-hydroxylation sites is 2. The van der Waals surface area contributed by atoms with Crippen molar-refractivity contribution in [1.82, 2.24) is 9.55 Å². The first-order valence-corrected chi connectivity index (χ1v) is 7.53. The van der Waals surface area contributed by atoms with E-state index in [0.717, 1.165) is 16.6 Å². The largest absolute Gasteiger partial charge is 0.480 e. The highest BCUT2D eigenvalue weighted by atomic mass is 19.1. The third-order valence-electron chi connectivity index (χ3n) is 3.93. The van der Waals surface area contributed by atoms with Crippen LogP contribution in [-0.2, 0) is 11.2 Å². The number of carboxylic acids is 1. The molecule has 0 spiro atoms. The molecule has 1 atom stereocenters. The number of carboxylic acid groups (broad SMARTS) is 1. The van der Waals surface area contributed by atoms with Gasteiger partial charge in [0.2, 0.25) is 0 Å². The average molecular weight is 312 g/mol. The zero-order chi connectivity index (χ0) is 16.4. The lowest BCUT2D eigenvalue weighted by Gasteiger charge is -2.16. The number of hydrogen-bond donors (Lipinski definition) is 1. The minimum Gasteiger partial charge on any atom is -0.480 e. The Bertz CT molecular complexity index is 840. The quantitative estimate of drug-likeness (QED) is 0.779. The van der Waals surface area contributed by atoms with Crippen LogP contribution in [0, 0.1) is 5.82 Å². The van der Waals surface area contributed by atoms with Crippen molar-refractivity contribution >= 4 is 17.0 Å². The van der Waals surface area contributed by atoms with Crippen LogP contribution >= 0.6 is 0 Å². The third kappa shape index (κ3) is 2.95. The van der Waals surface area contributed by atoms with Crippen LogP contribution < -0.4 is 0 Å². The summed E-state index contributed by atoms with van der Waals surface area (Å²) in [6.45, 7) is 1.84. The van der Waals surface area contributed by atoms with Crippen molar-refractivity contribution in [2.45, 2.75) is 25.8 Å². The second-order valence-corrected chi connectivity index (χ2v) is 5.45. The van der Waals surface area contributed by atoms with Crippen molar-refractivity contribution in [3.63, 3.8) is 0 Å². The van der Waals surface area contributed by atoms with Crippen molar-refractivity contribution in [3.05, 3.63) is 65.7 Å². The predicted molar refractivity (Wildman–Crippen MR) is 85.9 cm³/mol. The van der Waals surface area contributed by atoms with E-state index in [1.807, 2.05) is 31.2 Å². The lowest BCUT2D eigenvalue weighted by atomic mass is 10.1. The van der Waals surface area contributed by atoms with Gasteiger partial charge in [0, 0.05) is 6.42 Å². The molecular formula is C18H17FN2O2. The van der Waals surface area contributed by atoms with E-state index < -0.39 is 12.0 Å². The van der Waals surface area contributed by atoms with Gasteiger partial charge >= 0.3 is 5.97 Å². The first-order chi connectivity index (χ1) is 11.1. The highest BCUT2D eigenvalue weighted by molar-refractivity contribution is 5.80. The maximum absolute atomic E-state index is 13.1. The Morgan fingerprint density at radius 2 is 1.91 bits per heavy atom. The zero-order valence-electron chi connectivity index (χ0n) is 12.7. The molecule has 3 aromatic rings. The van der Waals surface area contributed by atoms with E-state index in [-0.39, 0.29) is 5.82 Å². The fourth-order valence-electron chi connectivity index (χ4n) is 2.82. The summed E-state index contributed by atoms with van der Waals surface area (Å²) in [5, 5.41) is 9.53. The van der Waals surface area contributed by atoms with Gasteiger partial charge in [0.15, 0.2) is 0 Å². The predicted octanol–water partition coefficient (Wildman–Crippen LogP) is 3.80. The summed E-state index contributed by atoms with van der Waals surface area (Å²) in [5.41, 5.74) is 2.46. The minimum atomic E-state index is -0.879. The lowest BCUT2D eigenvalue weighted by molar-refractivity contribution is -0.140. The summed E-state index contributed by atoms with van der Waals surface area (Å²) in [7, 11) is 0. The normalized spacial score (nSPS) is 12.4. The molecule has 0 aliphatic heterocycles. The number of carbonyl (C=O) groups is 1. The van der Waals surface area contributed by atoms with Crippen LogP contribution in [0.15, 0.2) is 48.5 Å². The Labute approximate surface area is 133 Å². The lowest BCUT2D eigenvalue weighted by Crippen LogP contribution is -2.20. The van der Waals surface area contributed by atoms with Crippen LogP contribution in [0.2, 0.25) is 0 Å². The highest BCUT2D eigenvalue weighted by Gasteiger charge is 2.23. The van der Waals surface area contributed by atoms with Crippen molar-refractivity contribution in [2.75, 3.05) is 0 Å². The van der Waals surface area contributed by atoms with Crippen molar-refractivity contribution in [2.24, 2.45) is 0 Å². The fraction of sp³-hybridized carbons (Fsp3) is 0.222. The maximum atomic E-state index is 13.1. The van der Waals surface area contributed by atoms with Gasteiger partial charge in [-0.15, -0.1) is 0 Å². The Morgan fingerprint density at radius 1 is 1.22 bits per heavy atom. The second-order valence-electron chi connectivity index (χ2n) is 5.45. The van der Waals surface area contributed by atoms with Gasteiger partial charge < -0.3 is 9.67 Å². The van der Waals surface area contributed by atoms with Crippen molar-refractivity contribution in [1.29, 1.82) is 0 Å². The van der Waals surface area contributed by atoms with E-state index in [4.69, 9.17) is 0 Å². The number of benzene rings is 2. The van der Waals surface area contributed by atoms with Gasteiger partial charge in [-0.05, 0) is 36.2 Å². The number of nitrogens with zero attached hydrogens (tertiary/aromatic N) is 2. The van der Waals surface area contributed by atoms with Crippen LogP contribution in [0.4, 0.5) is 4.39 Å². The van der Waals surface area contributed by atoms with E-state index in [0.29, 0.717) is 18.7 Å². The first kappa shape index (κ1) is 15.2. The monoisotopic (exact) mass is 312 g/mol. The number of imidazole rings is 1. The number of aliphatic carboxylic acids is 1. The number of hydrogen-bond acceptors (Lipinski definition) is 2. The van der Waals surface area contributed by atoms with Gasteiger partial charge in [-0.25, -0.2) is 14.2 Å². The Kier molecular flexibility index (Phi) is 4.10. The number of fused-ring (bicyclic) bond motifs is 1. The van der Waals surface area contributed by atoms with Gasteiger partial charge in [-0.2, -0.15) is 0 Å². The molecule has 0 bridgehead atoms. The third-order valence-corrected chi connectivity index (χ3v) is 3.93.